The van der Waals surface area contributed by atoms with Gasteiger partial charge in [0, 0.05) is 0 Å². The molecule has 0 aromatic heterocycles. The molecule has 0 aliphatic heterocycles. The molecule has 0 saturated heterocycles. The van der Waals surface area contributed by atoms with Crippen molar-refractivity contribution in [3.05, 3.63) is 0 Å². The summed E-state index contributed by atoms with van der Waals surface area (Å²) < 4.78 is 0. The standard InChI is InChI=1S/CH5N5/c2-4-1-5-6-3/h1-2,6H,3H2. The van der Waals surface area contributed by atoms with Gasteiger partial charge >= 0.3 is 0 Å². The summed E-state index contributed by atoms with van der Waals surface area (Å²) in [5, 5.41) is 5.88. The maximum Gasteiger partial charge on any atom is 0.158 e. The van der Waals surface area contributed by atoms with Gasteiger partial charge in [-0.15, -0.1) is 5.11 Å². The van der Waals surface area contributed by atoms with E-state index in [0.29, 0.717) is 0 Å². The normalized spacial score (nSPS) is 8.83. The molecule has 0 aromatic carbocycles. The Morgan fingerprint density at radius 3 is 2.67 bits per heavy atom. The first-order valence-corrected chi connectivity index (χ1v) is 1.25. The molecule has 0 aliphatic rings. The second-order valence-corrected chi connectivity index (χ2v) is 0.503. The Bertz CT molecular complexity index is 55.0. The maximum atomic E-state index is 6.09. The van der Waals surface area contributed by atoms with Gasteiger partial charge in [0.1, 0.15) is 0 Å². The van der Waals surface area contributed by atoms with Crippen molar-refractivity contribution in [3.8, 4) is 0 Å². The number of nitrogens with zero attached hydrogens (tertiary/aromatic N) is 2. The van der Waals surface area contributed by atoms with E-state index in [0.717, 1.165) is 6.34 Å². The second kappa shape index (κ2) is 4.03. The molecule has 0 amide bonds. The van der Waals surface area contributed by atoms with Crippen molar-refractivity contribution in [1.82, 2.24) is 5.53 Å². The van der Waals surface area contributed by atoms with E-state index in [1.54, 1.807) is 0 Å². The van der Waals surface area contributed by atoms with Crippen LogP contribution in [0.25, 0.3) is 0 Å². The quantitative estimate of drug-likeness (QED) is 0.138. The fraction of sp³-hybridized carbons (Fsp3) is 0. The minimum atomic E-state index is 0.986. The van der Waals surface area contributed by atoms with Crippen LogP contribution in [0.3, 0.4) is 0 Å². The topological polar surface area (TPSA) is 86.6 Å². The zero-order valence-corrected chi connectivity index (χ0v) is 3.05. The molecule has 0 rings (SSSR count). The Balaban J connectivity index is 2.94. The fourth-order valence-corrected chi connectivity index (χ4v) is 0.0622. The van der Waals surface area contributed by atoms with E-state index in [9.17, 15) is 0 Å². The van der Waals surface area contributed by atoms with E-state index < -0.39 is 0 Å². The van der Waals surface area contributed by atoms with Gasteiger partial charge in [-0.05, 0) is 0 Å². The van der Waals surface area contributed by atoms with Gasteiger partial charge in [-0.25, -0.2) is 16.9 Å². The SMILES string of the molecule is N=NC=NNN. The molecule has 0 spiro atoms. The lowest BCUT2D eigenvalue weighted by molar-refractivity contribution is 0.806. The van der Waals surface area contributed by atoms with Gasteiger partial charge < -0.3 is 0 Å². The van der Waals surface area contributed by atoms with Crippen LogP contribution in [0.4, 0.5) is 0 Å². The Morgan fingerprint density at radius 1 is 1.83 bits per heavy atom. The zero-order valence-electron chi connectivity index (χ0n) is 3.05. The molecular formula is CH5N5. The molecule has 0 aromatic rings. The number of nitrogens with one attached hydrogen (secondary N) is 2. The monoisotopic (exact) mass is 87.1 g/mol. The lowest BCUT2D eigenvalue weighted by Gasteiger charge is -1.76. The minimum Gasteiger partial charge on any atom is -0.244 e. The first-order chi connectivity index (χ1) is 2.91. The van der Waals surface area contributed by atoms with Crippen molar-refractivity contribution in [1.29, 1.82) is 5.53 Å². The summed E-state index contributed by atoms with van der Waals surface area (Å²) in [6.07, 6.45) is 0.986. The zero-order chi connectivity index (χ0) is 4.83. The molecule has 4 N–H and O–H groups in total. The van der Waals surface area contributed by atoms with Crippen LogP contribution in [0.5, 0.6) is 0 Å². The van der Waals surface area contributed by atoms with Gasteiger partial charge in [0.05, 0.1) is 0 Å². The number of hydrogen-bond acceptors (Lipinski definition) is 4. The van der Waals surface area contributed by atoms with E-state index in [2.05, 4.69) is 16.1 Å². The third-order valence-electron chi connectivity index (χ3n) is 0.190. The van der Waals surface area contributed by atoms with Crippen LogP contribution in [-0.4, -0.2) is 6.34 Å². The first kappa shape index (κ1) is 5.03. The molecule has 5 nitrogen and oxygen atoms in total. The Kier molecular flexibility index (Phi) is 3.38. The fourth-order valence-electron chi connectivity index (χ4n) is 0.0622. The van der Waals surface area contributed by atoms with Crippen molar-refractivity contribution in [2.24, 2.45) is 16.1 Å². The van der Waals surface area contributed by atoms with Gasteiger partial charge in [0.2, 0.25) is 0 Å². The summed E-state index contributed by atoms with van der Waals surface area (Å²) in [7, 11) is 0. The van der Waals surface area contributed by atoms with Gasteiger partial charge in [-0.3, -0.25) is 0 Å². The van der Waals surface area contributed by atoms with Crippen LogP contribution >= 0.6 is 0 Å². The third-order valence-corrected chi connectivity index (χ3v) is 0.190. The van der Waals surface area contributed by atoms with Gasteiger partial charge in [0.15, 0.2) is 6.34 Å². The Morgan fingerprint density at radius 2 is 2.50 bits per heavy atom. The Labute approximate surface area is 34.7 Å². The van der Waals surface area contributed by atoms with E-state index >= 15 is 0 Å². The predicted octanol–water partition coefficient (Wildman–Crippen LogP) is -0.576. The summed E-state index contributed by atoms with van der Waals surface area (Å²) in [6, 6.07) is 0. The molecule has 0 atom stereocenters. The Hall–Kier alpha value is -0.970. The van der Waals surface area contributed by atoms with Crippen molar-refractivity contribution in [2.45, 2.75) is 0 Å². The van der Waals surface area contributed by atoms with Crippen LogP contribution in [0.2, 0.25) is 0 Å². The van der Waals surface area contributed by atoms with E-state index in [-0.39, 0.29) is 0 Å². The van der Waals surface area contributed by atoms with Crippen LogP contribution in [0.15, 0.2) is 10.2 Å². The first-order valence-electron chi connectivity index (χ1n) is 1.25. The average molecular weight is 87.1 g/mol. The highest BCUT2D eigenvalue weighted by molar-refractivity contribution is 5.53. The van der Waals surface area contributed by atoms with Gasteiger partial charge in [-0.1, -0.05) is 0 Å². The molecule has 0 saturated carbocycles. The summed E-state index contributed by atoms with van der Waals surface area (Å²) in [5.74, 6) is 4.62. The second-order valence-electron chi connectivity index (χ2n) is 0.503. The van der Waals surface area contributed by atoms with Crippen LogP contribution < -0.4 is 11.4 Å². The molecule has 0 heterocycles. The highest BCUT2D eigenvalue weighted by atomic mass is 15.5. The molecule has 5 heteroatoms. The van der Waals surface area contributed by atoms with Crippen molar-refractivity contribution >= 4 is 6.34 Å². The van der Waals surface area contributed by atoms with Crippen molar-refractivity contribution in [3.63, 3.8) is 0 Å². The molecule has 6 heavy (non-hydrogen) atoms. The lowest BCUT2D eigenvalue weighted by Crippen LogP contribution is -2.13. The average Bonchev–Trinajstić information content (AvgIpc) is 1.61. The van der Waals surface area contributed by atoms with E-state index in [4.69, 9.17) is 5.53 Å². The van der Waals surface area contributed by atoms with Crippen LogP contribution in [-0.2, 0) is 0 Å². The maximum absolute atomic E-state index is 6.09. The molecular weight excluding hydrogens is 82.0 g/mol. The van der Waals surface area contributed by atoms with Crippen molar-refractivity contribution in [2.75, 3.05) is 0 Å². The largest absolute Gasteiger partial charge is 0.244 e. The summed E-state index contributed by atoms with van der Waals surface area (Å²) in [4.78, 5) is 0. The lowest BCUT2D eigenvalue weighted by atomic mass is 11.4. The molecule has 0 unspecified atom stereocenters. The molecule has 0 aliphatic carbocycles. The number of hydrazone groups is 1. The summed E-state index contributed by atoms with van der Waals surface area (Å²) in [6.45, 7) is 0. The number of hydrazine groups is 1. The highest BCUT2D eigenvalue weighted by Crippen LogP contribution is 1.48. The van der Waals surface area contributed by atoms with Crippen molar-refractivity contribution < 1.29 is 0 Å². The number of hydrogen-bond donors (Lipinski definition) is 3. The van der Waals surface area contributed by atoms with Crippen LogP contribution in [0, 0.1) is 5.53 Å². The minimum absolute atomic E-state index is 0.986. The number of rotatable bonds is 2. The van der Waals surface area contributed by atoms with E-state index in [1.165, 1.54) is 0 Å². The third kappa shape index (κ3) is 3.03. The van der Waals surface area contributed by atoms with Gasteiger partial charge in [-0.2, -0.15) is 5.10 Å². The van der Waals surface area contributed by atoms with Gasteiger partial charge in [0.25, 0.3) is 0 Å². The van der Waals surface area contributed by atoms with E-state index in [1.807, 2.05) is 5.53 Å². The molecule has 0 fully saturated rings. The van der Waals surface area contributed by atoms with Crippen LogP contribution in [0.1, 0.15) is 0 Å². The predicted molar refractivity (Wildman–Crippen MR) is 21.0 cm³/mol. The highest BCUT2D eigenvalue weighted by Gasteiger charge is 1.51. The molecule has 0 bridgehead atoms. The summed E-state index contributed by atoms with van der Waals surface area (Å²) >= 11 is 0. The molecule has 34 valence electrons. The smallest absolute Gasteiger partial charge is 0.158 e. The summed E-state index contributed by atoms with van der Waals surface area (Å²) in [5.41, 5.74) is 8.01. The number of nitrogens with two attached hydrogens (primary N) is 1. The molecule has 0 radical (unpaired) electrons.